The number of hydrogen-bond acceptors (Lipinski definition) is 1. The van der Waals surface area contributed by atoms with E-state index in [-0.39, 0.29) is 10.8 Å². The van der Waals surface area contributed by atoms with E-state index < -0.39 is 0 Å². The van der Waals surface area contributed by atoms with Crippen LogP contribution in [0.2, 0.25) is 5.02 Å². The highest BCUT2D eigenvalue weighted by atomic mass is 35.5. The molecule has 0 bridgehead atoms. The van der Waals surface area contributed by atoms with Gasteiger partial charge in [0.05, 0.1) is 18.7 Å². The number of hydrogen-bond donors (Lipinski definition) is 0. The summed E-state index contributed by atoms with van der Waals surface area (Å²) in [5.74, 6) is 0.453. The summed E-state index contributed by atoms with van der Waals surface area (Å²) in [6.45, 7) is 0.447. The average Bonchev–Trinajstić information content (AvgIpc) is 2.86. The van der Waals surface area contributed by atoms with Gasteiger partial charge in [-0.1, -0.05) is 23.7 Å². The molecule has 2 aromatic carbocycles. The molecular weight excluding hydrogens is 277 g/mol. The maximum atomic E-state index is 13.9. The summed E-state index contributed by atoms with van der Waals surface area (Å²) in [7, 11) is 1.64. The number of rotatable bonds is 3. The van der Waals surface area contributed by atoms with E-state index in [0.29, 0.717) is 12.1 Å². The second-order valence-corrected chi connectivity index (χ2v) is 4.99. The van der Waals surface area contributed by atoms with Crippen molar-refractivity contribution in [2.75, 3.05) is 7.11 Å². The van der Waals surface area contributed by atoms with Crippen molar-refractivity contribution in [2.45, 2.75) is 6.54 Å². The van der Waals surface area contributed by atoms with E-state index in [1.54, 1.807) is 25.3 Å². The van der Waals surface area contributed by atoms with E-state index in [0.717, 1.165) is 16.7 Å². The Kier molecular flexibility index (Phi) is 3.36. The zero-order valence-electron chi connectivity index (χ0n) is 10.9. The number of benzene rings is 2. The fraction of sp³-hybridized carbons (Fsp3) is 0.125. The Hall–Kier alpha value is -2.00. The van der Waals surface area contributed by atoms with Crippen LogP contribution in [0.4, 0.5) is 4.39 Å². The summed E-state index contributed by atoms with van der Waals surface area (Å²) in [5, 5.41) is 1.22. The first kappa shape index (κ1) is 13.0. The molecule has 1 heterocycles. The molecule has 20 heavy (non-hydrogen) atoms. The summed E-state index contributed by atoms with van der Waals surface area (Å²) in [4.78, 5) is 0. The van der Waals surface area contributed by atoms with Gasteiger partial charge in [-0.25, -0.2) is 4.39 Å². The Balaban J connectivity index is 2.01. The lowest BCUT2D eigenvalue weighted by molar-refractivity contribution is 0.415. The van der Waals surface area contributed by atoms with Crippen LogP contribution in [0.5, 0.6) is 5.75 Å². The Morgan fingerprint density at radius 1 is 1.20 bits per heavy atom. The maximum absolute atomic E-state index is 13.9. The van der Waals surface area contributed by atoms with Crippen molar-refractivity contribution in [3.63, 3.8) is 0 Å². The fourth-order valence-electron chi connectivity index (χ4n) is 2.30. The lowest BCUT2D eigenvalue weighted by Gasteiger charge is -2.08. The first-order chi connectivity index (χ1) is 9.69. The predicted molar refractivity (Wildman–Crippen MR) is 79.0 cm³/mol. The summed E-state index contributed by atoms with van der Waals surface area (Å²) in [6, 6.07) is 12.9. The van der Waals surface area contributed by atoms with Gasteiger partial charge in [-0.3, -0.25) is 0 Å². The van der Waals surface area contributed by atoms with Crippen LogP contribution in [0.3, 0.4) is 0 Å². The van der Waals surface area contributed by atoms with Crippen LogP contribution in [0, 0.1) is 5.82 Å². The summed E-state index contributed by atoms with van der Waals surface area (Å²) in [6.07, 6.45) is 1.93. The minimum absolute atomic E-state index is 0.153. The Morgan fingerprint density at radius 2 is 2.05 bits per heavy atom. The van der Waals surface area contributed by atoms with E-state index in [9.17, 15) is 4.39 Å². The van der Waals surface area contributed by atoms with Crippen LogP contribution in [0.15, 0.2) is 48.7 Å². The first-order valence-electron chi connectivity index (χ1n) is 6.25. The molecule has 0 aliphatic rings. The van der Waals surface area contributed by atoms with Crippen molar-refractivity contribution in [1.29, 1.82) is 0 Å². The van der Waals surface area contributed by atoms with Gasteiger partial charge in [0.25, 0.3) is 0 Å². The molecule has 102 valence electrons. The number of methoxy groups -OCH3 is 1. The van der Waals surface area contributed by atoms with Crippen molar-refractivity contribution >= 4 is 22.5 Å². The van der Waals surface area contributed by atoms with E-state index in [4.69, 9.17) is 16.3 Å². The summed E-state index contributed by atoms with van der Waals surface area (Å²) in [5.41, 5.74) is 1.61. The Bertz CT molecular complexity index is 766. The van der Waals surface area contributed by atoms with Gasteiger partial charge < -0.3 is 9.30 Å². The van der Waals surface area contributed by atoms with Crippen LogP contribution < -0.4 is 4.74 Å². The van der Waals surface area contributed by atoms with Crippen LogP contribution in [0.25, 0.3) is 10.9 Å². The largest absolute Gasteiger partial charge is 0.497 e. The van der Waals surface area contributed by atoms with Gasteiger partial charge in [0.15, 0.2) is 0 Å². The molecule has 0 radical (unpaired) electrons. The second-order valence-electron chi connectivity index (χ2n) is 4.58. The molecule has 0 atom stereocenters. The maximum Gasteiger partial charge on any atom is 0.146 e. The molecule has 0 saturated heterocycles. The molecule has 0 N–H and O–H groups in total. The number of aromatic nitrogens is 1. The van der Waals surface area contributed by atoms with E-state index in [2.05, 4.69) is 0 Å². The molecule has 2 nitrogen and oxygen atoms in total. The number of fused-ring (bicyclic) bond motifs is 1. The van der Waals surface area contributed by atoms with Crippen molar-refractivity contribution in [3.05, 3.63) is 65.1 Å². The normalized spacial score (nSPS) is 10.9. The van der Waals surface area contributed by atoms with Gasteiger partial charge in [-0.05, 0) is 30.3 Å². The van der Waals surface area contributed by atoms with Crippen molar-refractivity contribution < 1.29 is 9.13 Å². The molecule has 3 aromatic rings. The quantitative estimate of drug-likeness (QED) is 0.693. The van der Waals surface area contributed by atoms with Gasteiger partial charge in [0.2, 0.25) is 0 Å². The monoisotopic (exact) mass is 289 g/mol. The van der Waals surface area contributed by atoms with Gasteiger partial charge >= 0.3 is 0 Å². The number of ether oxygens (including phenoxy) is 1. The summed E-state index contributed by atoms with van der Waals surface area (Å²) >= 11 is 5.81. The SMILES string of the molecule is COc1ccc2c(ccn2Cc2cccc(Cl)c2F)c1. The summed E-state index contributed by atoms with van der Waals surface area (Å²) < 4.78 is 21.1. The highest BCUT2D eigenvalue weighted by molar-refractivity contribution is 6.30. The Morgan fingerprint density at radius 3 is 2.85 bits per heavy atom. The second kappa shape index (κ2) is 5.17. The number of halogens is 2. The van der Waals surface area contributed by atoms with Gasteiger partial charge in [-0.15, -0.1) is 0 Å². The minimum Gasteiger partial charge on any atom is -0.497 e. The van der Waals surface area contributed by atoms with Crippen molar-refractivity contribution in [1.82, 2.24) is 4.57 Å². The van der Waals surface area contributed by atoms with Gasteiger partial charge in [0, 0.05) is 22.7 Å². The molecule has 1 aromatic heterocycles. The Labute approximate surface area is 121 Å². The smallest absolute Gasteiger partial charge is 0.146 e. The zero-order chi connectivity index (χ0) is 14.1. The van der Waals surface area contributed by atoms with Crippen LogP contribution in [-0.4, -0.2) is 11.7 Å². The van der Waals surface area contributed by atoms with Crippen LogP contribution in [-0.2, 0) is 6.54 Å². The highest BCUT2D eigenvalue weighted by Crippen LogP contribution is 2.24. The molecule has 0 fully saturated rings. The highest BCUT2D eigenvalue weighted by Gasteiger charge is 2.08. The van der Waals surface area contributed by atoms with E-state index >= 15 is 0 Å². The molecule has 0 aliphatic heterocycles. The number of nitrogens with zero attached hydrogens (tertiary/aromatic N) is 1. The van der Waals surface area contributed by atoms with Crippen LogP contribution >= 0.6 is 11.6 Å². The first-order valence-corrected chi connectivity index (χ1v) is 6.62. The lowest BCUT2D eigenvalue weighted by atomic mass is 10.2. The lowest BCUT2D eigenvalue weighted by Crippen LogP contribution is -2.00. The molecule has 4 heteroatoms. The molecule has 0 unspecified atom stereocenters. The van der Waals surface area contributed by atoms with Crippen molar-refractivity contribution in [2.24, 2.45) is 0 Å². The molecule has 0 amide bonds. The van der Waals surface area contributed by atoms with Crippen LogP contribution in [0.1, 0.15) is 5.56 Å². The molecule has 3 rings (SSSR count). The van der Waals surface area contributed by atoms with Crippen molar-refractivity contribution in [3.8, 4) is 5.75 Å². The molecule has 0 spiro atoms. The van der Waals surface area contributed by atoms with Gasteiger partial charge in [-0.2, -0.15) is 0 Å². The van der Waals surface area contributed by atoms with E-state index in [1.165, 1.54) is 0 Å². The zero-order valence-corrected chi connectivity index (χ0v) is 11.7. The van der Waals surface area contributed by atoms with E-state index in [1.807, 2.05) is 35.0 Å². The standard InChI is InChI=1S/C16H13ClFNO/c1-20-13-5-6-15-11(9-13)7-8-19(15)10-12-3-2-4-14(17)16(12)18/h2-9H,10H2,1H3. The predicted octanol–water partition coefficient (Wildman–Crippen LogP) is 4.49. The fourth-order valence-corrected chi connectivity index (χ4v) is 2.49. The van der Waals surface area contributed by atoms with Gasteiger partial charge in [0.1, 0.15) is 11.6 Å². The third-order valence-corrected chi connectivity index (χ3v) is 3.64. The molecular formula is C16H13ClFNO. The minimum atomic E-state index is -0.357. The third-order valence-electron chi connectivity index (χ3n) is 3.35. The average molecular weight is 290 g/mol. The third kappa shape index (κ3) is 2.25. The molecule has 0 saturated carbocycles. The molecule has 0 aliphatic carbocycles. The topological polar surface area (TPSA) is 14.2 Å².